The molecule has 1 atom stereocenters. The van der Waals surface area contributed by atoms with Crippen molar-refractivity contribution in [2.24, 2.45) is 5.92 Å². The fourth-order valence-electron chi connectivity index (χ4n) is 3.08. The van der Waals surface area contributed by atoms with Gasteiger partial charge >= 0.3 is 0 Å². The van der Waals surface area contributed by atoms with Crippen molar-refractivity contribution in [1.82, 2.24) is 20.9 Å². The second-order valence-corrected chi connectivity index (χ2v) is 9.20. The number of hydrogen-bond acceptors (Lipinski definition) is 4. The van der Waals surface area contributed by atoms with Crippen LogP contribution in [0.25, 0.3) is 0 Å². The van der Waals surface area contributed by atoms with Crippen molar-refractivity contribution in [2.75, 3.05) is 6.54 Å². The molecule has 0 saturated carbocycles. The molecule has 0 fully saturated rings. The summed E-state index contributed by atoms with van der Waals surface area (Å²) >= 11 is 0. The highest BCUT2D eigenvalue weighted by molar-refractivity contribution is 5.97. The summed E-state index contributed by atoms with van der Waals surface area (Å²) in [4.78, 5) is 41.3. The van der Waals surface area contributed by atoms with Gasteiger partial charge in [0.15, 0.2) is 0 Å². The highest BCUT2D eigenvalue weighted by Gasteiger charge is 2.25. The minimum Gasteiger partial charge on any atom is -0.354 e. The summed E-state index contributed by atoms with van der Waals surface area (Å²) in [6.45, 7) is 10.7. The standard InChI is InChI=1S/C25H34N4O3/c1-17(2)22(29-23(31)19-6-8-20(9-7-19)25(3,4)5)24(32)27-15-12-21(30)28-16-18-10-13-26-14-11-18/h6-11,13-14,17,22H,12,15-16H2,1-5H3,(H,27,32)(H,28,30)(H,29,31). The van der Waals surface area contributed by atoms with Crippen LogP contribution in [-0.4, -0.2) is 35.3 Å². The molecular formula is C25H34N4O3. The fraction of sp³-hybridized carbons (Fsp3) is 0.440. The SMILES string of the molecule is CC(C)C(NC(=O)c1ccc(C(C)(C)C)cc1)C(=O)NCCC(=O)NCc1ccncc1. The average molecular weight is 439 g/mol. The molecule has 0 spiro atoms. The van der Waals surface area contributed by atoms with Gasteiger partial charge in [-0.3, -0.25) is 19.4 Å². The molecule has 1 aromatic heterocycles. The van der Waals surface area contributed by atoms with Crippen LogP contribution in [0, 0.1) is 5.92 Å². The van der Waals surface area contributed by atoms with Crippen molar-refractivity contribution in [3.05, 3.63) is 65.5 Å². The molecule has 0 aliphatic carbocycles. The molecule has 172 valence electrons. The van der Waals surface area contributed by atoms with Gasteiger partial charge in [-0.15, -0.1) is 0 Å². The van der Waals surface area contributed by atoms with Crippen LogP contribution in [0.3, 0.4) is 0 Å². The molecule has 1 heterocycles. The maximum Gasteiger partial charge on any atom is 0.251 e. The summed E-state index contributed by atoms with van der Waals surface area (Å²) in [5.41, 5.74) is 2.59. The summed E-state index contributed by atoms with van der Waals surface area (Å²) in [6, 6.07) is 10.4. The van der Waals surface area contributed by atoms with E-state index in [9.17, 15) is 14.4 Å². The average Bonchev–Trinajstić information content (AvgIpc) is 2.75. The van der Waals surface area contributed by atoms with Crippen molar-refractivity contribution in [2.45, 2.75) is 59.0 Å². The van der Waals surface area contributed by atoms with Crippen LogP contribution in [0.5, 0.6) is 0 Å². The molecule has 0 aliphatic heterocycles. The molecule has 3 amide bonds. The van der Waals surface area contributed by atoms with E-state index in [0.717, 1.165) is 11.1 Å². The van der Waals surface area contributed by atoms with Crippen molar-refractivity contribution >= 4 is 17.7 Å². The van der Waals surface area contributed by atoms with E-state index in [4.69, 9.17) is 0 Å². The first kappa shape index (κ1) is 25.0. The van der Waals surface area contributed by atoms with Gasteiger partial charge in [0.2, 0.25) is 11.8 Å². The third-order valence-corrected chi connectivity index (χ3v) is 5.14. The number of aromatic nitrogens is 1. The van der Waals surface area contributed by atoms with Crippen LogP contribution in [0.1, 0.15) is 62.5 Å². The van der Waals surface area contributed by atoms with E-state index in [0.29, 0.717) is 12.1 Å². The van der Waals surface area contributed by atoms with Gasteiger partial charge in [-0.1, -0.05) is 46.8 Å². The zero-order valence-electron chi connectivity index (χ0n) is 19.6. The maximum absolute atomic E-state index is 12.7. The Morgan fingerprint density at radius 1 is 0.938 bits per heavy atom. The topological polar surface area (TPSA) is 100 Å². The lowest BCUT2D eigenvalue weighted by Crippen LogP contribution is -2.50. The number of nitrogens with one attached hydrogen (secondary N) is 3. The van der Waals surface area contributed by atoms with E-state index >= 15 is 0 Å². The minimum absolute atomic E-state index is 0.0000444. The van der Waals surface area contributed by atoms with Gasteiger partial charge in [0.05, 0.1) is 0 Å². The van der Waals surface area contributed by atoms with Crippen molar-refractivity contribution in [1.29, 1.82) is 0 Å². The number of benzene rings is 1. The molecule has 3 N–H and O–H groups in total. The molecule has 0 aliphatic rings. The minimum atomic E-state index is -0.690. The van der Waals surface area contributed by atoms with Crippen LogP contribution in [0.2, 0.25) is 0 Å². The number of carbonyl (C=O) groups is 3. The van der Waals surface area contributed by atoms with Crippen LogP contribution < -0.4 is 16.0 Å². The third kappa shape index (κ3) is 7.80. The molecule has 1 aromatic carbocycles. The monoisotopic (exact) mass is 438 g/mol. The predicted octanol–water partition coefficient (Wildman–Crippen LogP) is 2.96. The second kappa shape index (κ2) is 11.4. The highest BCUT2D eigenvalue weighted by Crippen LogP contribution is 2.22. The number of rotatable bonds is 9. The van der Waals surface area contributed by atoms with Gasteiger partial charge in [0.25, 0.3) is 5.91 Å². The Morgan fingerprint density at radius 2 is 1.56 bits per heavy atom. The predicted molar refractivity (Wildman–Crippen MR) is 125 cm³/mol. The smallest absolute Gasteiger partial charge is 0.251 e. The van der Waals surface area contributed by atoms with Crippen molar-refractivity contribution in [3.63, 3.8) is 0 Å². The number of nitrogens with zero attached hydrogens (tertiary/aromatic N) is 1. The van der Waals surface area contributed by atoms with Gasteiger partial charge in [0, 0.05) is 37.5 Å². The van der Waals surface area contributed by atoms with E-state index < -0.39 is 6.04 Å². The van der Waals surface area contributed by atoms with Gasteiger partial charge in [-0.05, 0) is 46.7 Å². The summed E-state index contributed by atoms with van der Waals surface area (Å²) in [5.74, 6) is -0.865. The van der Waals surface area contributed by atoms with E-state index in [2.05, 4.69) is 41.7 Å². The van der Waals surface area contributed by atoms with Gasteiger partial charge in [0.1, 0.15) is 6.04 Å². The Labute approximate surface area is 190 Å². The molecular weight excluding hydrogens is 404 g/mol. The first-order chi connectivity index (χ1) is 15.1. The number of hydrogen-bond donors (Lipinski definition) is 3. The Balaban J connectivity index is 1.83. The summed E-state index contributed by atoms with van der Waals surface area (Å²) in [5, 5.41) is 8.38. The van der Waals surface area contributed by atoms with Gasteiger partial charge in [-0.25, -0.2) is 0 Å². The molecule has 7 nitrogen and oxygen atoms in total. The number of carbonyl (C=O) groups excluding carboxylic acids is 3. The zero-order valence-corrected chi connectivity index (χ0v) is 19.6. The first-order valence-corrected chi connectivity index (χ1v) is 10.9. The lowest BCUT2D eigenvalue weighted by atomic mass is 9.86. The lowest BCUT2D eigenvalue weighted by Gasteiger charge is -2.22. The van der Waals surface area contributed by atoms with Crippen molar-refractivity contribution in [3.8, 4) is 0 Å². The van der Waals surface area contributed by atoms with Crippen LogP contribution in [0.4, 0.5) is 0 Å². The van der Waals surface area contributed by atoms with E-state index in [-0.39, 0.29) is 42.0 Å². The normalized spacial score (nSPS) is 12.2. The van der Waals surface area contributed by atoms with Crippen LogP contribution >= 0.6 is 0 Å². The van der Waals surface area contributed by atoms with E-state index in [1.54, 1.807) is 24.5 Å². The molecule has 0 radical (unpaired) electrons. The first-order valence-electron chi connectivity index (χ1n) is 10.9. The van der Waals surface area contributed by atoms with E-state index in [1.807, 2.05) is 38.1 Å². The number of pyridine rings is 1. The highest BCUT2D eigenvalue weighted by atomic mass is 16.2. The molecule has 2 aromatic rings. The van der Waals surface area contributed by atoms with Gasteiger partial charge in [-0.2, -0.15) is 0 Å². The van der Waals surface area contributed by atoms with Crippen LogP contribution in [0.15, 0.2) is 48.8 Å². The van der Waals surface area contributed by atoms with Crippen LogP contribution in [-0.2, 0) is 21.5 Å². The number of amides is 3. The summed E-state index contributed by atoms with van der Waals surface area (Å²) < 4.78 is 0. The lowest BCUT2D eigenvalue weighted by molar-refractivity contribution is -0.124. The molecule has 32 heavy (non-hydrogen) atoms. The molecule has 7 heteroatoms. The summed E-state index contributed by atoms with van der Waals surface area (Å²) in [7, 11) is 0. The molecule has 0 saturated heterocycles. The molecule has 2 rings (SSSR count). The maximum atomic E-state index is 12.7. The van der Waals surface area contributed by atoms with Gasteiger partial charge < -0.3 is 16.0 Å². The Hall–Kier alpha value is -3.22. The molecule has 0 bridgehead atoms. The zero-order chi connectivity index (χ0) is 23.7. The molecule has 1 unspecified atom stereocenters. The fourth-order valence-corrected chi connectivity index (χ4v) is 3.08. The Bertz CT molecular complexity index is 903. The quantitative estimate of drug-likeness (QED) is 0.560. The Morgan fingerprint density at radius 3 is 2.12 bits per heavy atom. The second-order valence-electron chi connectivity index (χ2n) is 9.20. The largest absolute Gasteiger partial charge is 0.354 e. The third-order valence-electron chi connectivity index (χ3n) is 5.14. The van der Waals surface area contributed by atoms with E-state index in [1.165, 1.54) is 0 Å². The summed E-state index contributed by atoms with van der Waals surface area (Å²) in [6.07, 6.45) is 3.49. The van der Waals surface area contributed by atoms with Crippen molar-refractivity contribution < 1.29 is 14.4 Å². The Kier molecular flexibility index (Phi) is 8.93.